The molecular formula is C62H68Cl2SiZr. The van der Waals surface area contributed by atoms with Gasteiger partial charge in [0.05, 0.1) is 0 Å². The molecule has 0 nitrogen and oxygen atoms in total. The van der Waals surface area contributed by atoms with Crippen molar-refractivity contribution >= 4 is 65.4 Å². The van der Waals surface area contributed by atoms with Crippen LogP contribution >= 0.6 is 24.8 Å². The molecule has 16 rings (SSSR count). The molecule has 6 aromatic rings. The minimum absolute atomic E-state index is 0. The molecule has 0 aromatic heterocycles. The molecule has 2 atom stereocenters. The Bertz CT molecular complexity index is 2790. The van der Waals surface area contributed by atoms with Gasteiger partial charge in [0.1, 0.15) is 0 Å². The third-order valence-electron chi connectivity index (χ3n) is 20.1. The second-order valence-corrected chi connectivity index (χ2v) is 55.0. The van der Waals surface area contributed by atoms with E-state index in [1.54, 1.807) is 22.3 Å². The number of benzene rings is 6. The zero-order chi connectivity index (χ0) is 42.5. The van der Waals surface area contributed by atoms with Crippen LogP contribution in [0.4, 0.5) is 0 Å². The van der Waals surface area contributed by atoms with Gasteiger partial charge in [0.25, 0.3) is 0 Å². The molecule has 10 aliphatic rings. The van der Waals surface area contributed by atoms with Crippen molar-refractivity contribution in [1.29, 1.82) is 0 Å². The zero-order valence-corrected chi connectivity index (χ0v) is 44.6. The summed E-state index contributed by atoms with van der Waals surface area (Å²) < 4.78 is 7.04. The number of allylic oxidation sites excluding steroid dienone is 2. The molecule has 0 spiro atoms. The molecular weight excluding hydrogens is 935 g/mol. The van der Waals surface area contributed by atoms with Crippen LogP contribution in [0.2, 0.25) is 9.26 Å². The monoisotopic (exact) mass is 1000 g/mol. The normalized spacial score (nSPS) is 32.2. The van der Waals surface area contributed by atoms with Crippen LogP contribution in [0.1, 0.15) is 107 Å². The third-order valence-corrected chi connectivity index (χ3v) is 37.6. The first kappa shape index (κ1) is 44.2. The first-order chi connectivity index (χ1) is 31.2. The second-order valence-electron chi connectivity index (χ2n) is 24.5. The average molecular weight is 1000 g/mol. The molecule has 338 valence electrons. The number of fused-ring (bicyclic) bond motifs is 4. The Balaban J connectivity index is 0.00000228. The Morgan fingerprint density at radius 2 is 0.742 bits per heavy atom. The van der Waals surface area contributed by atoms with E-state index in [9.17, 15) is 0 Å². The van der Waals surface area contributed by atoms with Gasteiger partial charge in [-0.3, -0.25) is 0 Å². The number of halogens is 2. The van der Waals surface area contributed by atoms with Crippen molar-refractivity contribution in [3.8, 4) is 22.3 Å². The molecule has 10 aliphatic carbocycles. The van der Waals surface area contributed by atoms with Crippen molar-refractivity contribution in [2.45, 2.75) is 93.6 Å². The van der Waals surface area contributed by atoms with E-state index in [0.29, 0.717) is 7.25 Å². The van der Waals surface area contributed by atoms with E-state index in [0.717, 1.165) is 59.2 Å². The fourth-order valence-electron chi connectivity index (χ4n) is 18.4. The molecule has 0 N–H and O–H groups in total. The molecule has 0 radical (unpaired) electrons. The van der Waals surface area contributed by atoms with Gasteiger partial charge in [0.2, 0.25) is 0 Å². The van der Waals surface area contributed by atoms with Crippen molar-refractivity contribution in [3.05, 3.63) is 155 Å². The summed E-state index contributed by atoms with van der Waals surface area (Å²) in [5.41, 5.74) is 15.9. The molecule has 8 bridgehead atoms. The number of hydrogen-bond acceptors (Lipinski definition) is 0. The fraction of sp³-hybridized carbons (Fsp3) is 0.419. The first-order valence-corrected chi connectivity index (χ1v) is 39.6. The predicted molar refractivity (Wildman–Crippen MR) is 285 cm³/mol. The van der Waals surface area contributed by atoms with Crippen molar-refractivity contribution in [1.82, 2.24) is 0 Å². The molecule has 66 heavy (non-hydrogen) atoms. The Morgan fingerprint density at radius 3 is 1.14 bits per heavy atom. The Labute approximate surface area is 409 Å². The van der Waals surface area contributed by atoms with Gasteiger partial charge in [0, 0.05) is 0 Å². The summed E-state index contributed by atoms with van der Waals surface area (Å²) in [6, 6.07) is 47.5. The van der Waals surface area contributed by atoms with E-state index >= 15 is 0 Å². The molecule has 0 amide bonds. The molecule has 8 fully saturated rings. The van der Waals surface area contributed by atoms with Crippen molar-refractivity contribution in [2.75, 3.05) is 0 Å². The molecule has 0 aliphatic heterocycles. The SMILES string of the molecule is Cl.Cl.[CH3][Zr]([CH3])(=[SiH2])([CH]1C(CC2C3CC4CC(C3)CC2C4)=Cc2c(-c3cccc4ccccc34)cccc21)[CH]1C(CC2C3CC4CC(C3)CC2C4)=Cc2c(-c3cccc4ccccc34)cccc21. The van der Waals surface area contributed by atoms with Gasteiger partial charge in [0.15, 0.2) is 0 Å². The van der Waals surface area contributed by atoms with E-state index in [-0.39, 0.29) is 24.8 Å². The second kappa shape index (κ2) is 16.3. The van der Waals surface area contributed by atoms with Crippen LogP contribution in [0.3, 0.4) is 0 Å². The molecule has 2 unspecified atom stereocenters. The van der Waals surface area contributed by atoms with Gasteiger partial charge in [-0.1, -0.05) is 0 Å². The van der Waals surface area contributed by atoms with Crippen LogP contribution in [0, 0.1) is 59.2 Å². The topological polar surface area (TPSA) is 0 Å². The van der Waals surface area contributed by atoms with E-state index in [2.05, 4.69) is 150 Å². The molecule has 4 heteroatoms. The molecule has 6 aromatic carbocycles. The predicted octanol–water partition coefficient (Wildman–Crippen LogP) is 17.0. The third kappa shape index (κ3) is 6.85. The summed E-state index contributed by atoms with van der Waals surface area (Å²) in [5, 5.41) is 5.48. The van der Waals surface area contributed by atoms with Gasteiger partial charge < -0.3 is 0 Å². The molecule has 8 saturated carbocycles. The molecule has 0 heterocycles. The van der Waals surface area contributed by atoms with E-state index < -0.39 is 17.4 Å². The summed E-state index contributed by atoms with van der Waals surface area (Å²) in [4.78, 5) is 0. The van der Waals surface area contributed by atoms with Crippen LogP contribution in [0.25, 0.3) is 56.0 Å². The summed E-state index contributed by atoms with van der Waals surface area (Å²) in [7, 11) is 0. The first-order valence-electron chi connectivity index (χ1n) is 25.9. The maximum absolute atomic E-state index is 4.04. The summed E-state index contributed by atoms with van der Waals surface area (Å²) >= 11 is -4.04. The standard InChI is InChI=1S/2C30H29.2CH3.2ClH.H2Si.Zr/c2*1-2-8-26-22(5-1)6-3-9-27(26)28-10-4-7-23-12-21(18-30(23)28)17-29-24-13-19-11-20(15-24)16-25(29)14-19;;;;;;/h2*1-10,12,18-20,24-25,29H,11,13-17H2;2*1H3;2*1H;1H2;. The summed E-state index contributed by atoms with van der Waals surface area (Å²) in [5.74, 6) is 9.55. The maximum atomic E-state index is 2.98. The Kier molecular flexibility index (Phi) is 10.9. The fourth-order valence-corrected chi connectivity index (χ4v) is 38.1. The van der Waals surface area contributed by atoms with Gasteiger partial charge in [-0.15, -0.1) is 24.8 Å². The Hall–Kier alpha value is -3.00. The van der Waals surface area contributed by atoms with E-state index in [4.69, 9.17) is 0 Å². The average Bonchev–Trinajstić information content (AvgIpc) is 3.88. The van der Waals surface area contributed by atoms with Gasteiger partial charge in [-0.05, 0) is 0 Å². The van der Waals surface area contributed by atoms with Crippen molar-refractivity contribution < 1.29 is 17.4 Å². The van der Waals surface area contributed by atoms with E-state index in [1.807, 2.05) is 11.1 Å². The minimum atomic E-state index is -4.04. The summed E-state index contributed by atoms with van der Waals surface area (Å²) in [6.45, 7) is 2.63. The van der Waals surface area contributed by atoms with Crippen LogP contribution in [0.15, 0.2) is 132 Å². The van der Waals surface area contributed by atoms with Crippen LogP contribution in [-0.2, 0) is 17.4 Å². The van der Waals surface area contributed by atoms with Gasteiger partial charge in [-0.2, -0.15) is 0 Å². The quantitative estimate of drug-likeness (QED) is 0.133. The number of hydrogen-bond donors (Lipinski definition) is 0. The zero-order valence-electron chi connectivity index (χ0n) is 39.1. The summed E-state index contributed by atoms with van der Waals surface area (Å²) in [6.07, 6.45) is 23.5. The van der Waals surface area contributed by atoms with Crippen LogP contribution in [0.5, 0.6) is 0 Å². The van der Waals surface area contributed by atoms with Gasteiger partial charge in [-0.25, -0.2) is 0 Å². The van der Waals surface area contributed by atoms with Crippen LogP contribution in [-0.4, -0.2) is 6.88 Å². The van der Waals surface area contributed by atoms with E-state index in [1.165, 1.54) is 121 Å². The number of rotatable bonds is 8. The van der Waals surface area contributed by atoms with Crippen molar-refractivity contribution in [3.63, 3.8) is 0 Å². The Morgan fingerprint density at radius 1 is 0.409 bits per heavy atom. The van der Waals surface area contributed by atoms with Crippen LogP contribution < -0.4 is 0 Å². The molecule has 0 saturated heterocycles. The van der Waals surface area contributed by atoms with Crippen molar-refractivity contribution in [2.24, 2.45) is 59.2 Å². The van der Waals surface area contributed by atoms with Gasteiger partial charge >= 0.3 is 388 Å².